The molecule has 6 heteroatoms. The van der Waals surface area contributed by atoms with Crippen molar-refractivity contribution < 1.29 is 14.0 Å². The van der Waals surface area contributed by atoms with E-state index < -0.39 is 0 Å². The van der Waals surface area contributed by atoms with Crippen molar-refractivity contribution in [2.75, 3.05) is 10.6 Å². The summed E-state index contributed by atoms with van der Waals surface area (Å²) in [5.74, 6) is 0.0870. The third kappa shape index (κ3) is 4.49. The Morgan fingerprint density at radius 1 is 0.889 bits per heavy atom. The van der Waals surface area contributed by atoms with Crippen molar-refractivity contribution in [2.24, 2.45) is 0 Å². The molecule has 3 rings (SSSR count). The van der Waals surface area contributed by atoms with Gasteiger partial charge in [0, 0.05) is 16.9 Å². The summed E-state index contributed by atoms with van der Waals surface area (Å²) in [6, 6.07) is 12.5. The molecule has 1 aromatic heterocycles. The lowest BCUT2D eigenvalue weighted by Crippen LogP contribution is -2.07. The lowest BCUT2D eigenvalue weighted by molar-refractivity contribution is -0.112. The summed E-state index contributed by atoms with van der Waals surface area (Å²) in [4.78, 5) is 27.7. The van der Waals surface area contributed by atoms with E-state index in [0.717, 1.165) is 5.56 Å². The molecule has 0 atom stereocenters. The van der Waals surface area contributed by atoms with Crippen LogP contribution in [0.5, 0.6) is 0 Å². The Morgan fingerprint density at radius 3 is 2.11 bits per heavy atom. The maximum Gasteiger partial charge on any atom is 0.248 e. The van der Waals surface area contributed by atoms with Crippen LogP contribution in [0.2, 0.25) is 0 Å². The molecular formula is C21H19N3O3. The number of amides is 2. The average Bonchev–Trinajstić information content (AvgIpc) is 3.06. The lowest BCUT2D eigenvalue weighted by atomic mass is 10.2. The second-order valence-corrected chi connectivity index (χ2v) is 5.76. The van der Waals surface area contributed by atoms with Crippen molar-refractivity contribution >= 4 is 34.3 Å². The van der Waals surface area contributed by atoms with Crippen molar-refractivity contribution in [2.45, 2.75) is 13.8 Å². The Hall–Kier alpha value is -3.67. The average molecular weight is 361 g/mol. The number of anilines is 2. The molecule has 27 heavy (non-hydrogen) atoms. The van der Waals surface area contributed by atoms with Crippen LogP contribution < -0.4 is 10.6 Å². The van der Waals surface area contributed by atoms with E-state index in [1.165, 1.54) is 12.2 Å². The van der Waals surface area contributed by atoms with Gasteiger partial charge in [0.05, 0.1) is 0 Å². The summed E-state index contributed by atoms with van der Waals surface area (Å²) in [6.07, 6.45) is 6.26. The van der Waals surface area contributed by atoms with E-state index in [-0.39, 0.29) is 11.8 Å². The molecular weight excluding hydrogens is 342 g/mol. The first kappa shape index (κ1) is 18.1. The Bertz CT molecular complexity index is 1030. The number of nitrogens with zero attached hydrogens (tertiary/aromatic N) is 1. The molecule has 2 aromatic carbocycles. The molecule has 0 saturated heterocycles. The van der Waals surface area contributed by atoms with E-state index in [2.05, 4.69) is 15.6 Å². The highest BCUT2D eigenvalue weighted by molar-refractivity contribution is 6.00. The molecule has 0 radical (unpaired) electrons. The first-order chi connectivity index (χ1) is 13.1. The van der Waals surface area contributed by atoms with Crippen LogP contribution in [-0.2, 0) is 9.59 Å². The molecule has 0 bridgehead atoms. The van der Waals surface area contributed by atoms with Gasteiger partial charge in [-0.3, -0.25) is 9.59 Å². The maximum atomic E-state index is 11.6. The third-order valence-electron chi connectivity index (χ3n) is 3.69. The van der Waals surface area contributed by atoms with Crippen molar-refractivity contribution in [3.63, 3.8) is 0 Å². The molecule has 0 spiro atoms. The normalized spacial score (nSPS) is 11.3. The molecule has 3 aromatic rings. The van der Waals surface area contributed by atoms with Gasteiger partial charge in [-0.2, -0.15) is 0 Å². The van der Waals surface area contributed by atoms with Gasteiger partial charge in [-0.05, 0) is 68.5 Å². The number of carbonyl (C=O) groups is 2. The minimum atomic E-state index is -0.198. The second kappa shape index (κ2) is 8.14. The summed E-state index contributed by atoms with van der Waals surface area (Å²) in [5.41, 5.74) is 3.39. The van der Waals surface area contributed by atoms with E-state index in [4.69, 9.17) is 4.42 Å². The molecule has 0 aliphatic carbocycles. The highest BCUT2D eigenvalue weighted by Gasteiger charge is 2.10. The highest BCUT2D eigenvalue weighted by Crippen LogP contribution is 2.27. The zero-order valence-corrected chi connectivity index (χ0v) is 15.0. The van der Waals surface area contributed by atoms with Gasteiger partial charge in [0.15, 0.2) is 5.58 Å². The number of hydrogen-bond donors (Lipinski definition) is 2. The van der Waals surface area contributed by atoms with Gasteiger partial charge in [-0.25, -0.2) is 4.98 Å². The quantitative estimate of drug-likeness (QED) is 0.654. The zero-order valence-electron chi connectivity index (χ0n) is 15.0. The molecule has 0 unspecified atom stereocenters. The van der Waals surface area contributed by atoms with Gasteiger partial charge in [-0.1, -0.05) is 12.2 Å². The number of hydrogen-bond acceptors (Lipinski definition) is 4. The predicted octanol–water partition coefficient (Wildman–Crippen LogP) is 4.52. The minimum Gasteiger partial charge on any atom is -0.436 e. The molecule has 2 N–H and O–H groups in total. The van der Waals surface area contributed by atoms with Crippen molar-refractivity contribution in [3.8, 4) is 11.5 Å². The monoisotopic (exact) mass is 361 g/mol. The zero-order chi connectivity index (χ0) is 19.2. The highest BCUT2D eigenvalue weighted by atomic mass is 16.3. The van der Waals surface area contributed by atoms with Crippen LogP contribution in [0.15, 0.2) is 71.2 Å². The third-order valence-corrected chi connectivity index (χ3v) is 3.69. The van der Waals surface area contributed by atoms with Crippen LogP contribution in [0.25, 0.3) is 22.6 Å². The van der Waals surface area contributed by atoms with Crippen LogP contribution in [0, 0.1) is 0 Å². The van der Waals surface area contributed by atoms with Crippen LogP contribution in [0.1, 0.15) is 13.8 Å². The smallest absolute Gasteiger partial charge is 0.248 e. The topological polar surface area (TPSA) is 84.2 Å². The Morgan fingerprint density at radius 2 is 1.48 bits per heavy atom. The first-order valence-corrected chi connectivity index (χ1v) is 8.47. The molecule has 0 aliphatic heterocycles. The number of allylic oxidation sites excluding steroid dienone is 2. The number of aromatic nitrogens is 1. The fourth-order valence-corrected chi connectivity index (χ4v) is 2.50. The molecule has 2 amide bonds. The molecule has 6 nitrogen and oxygen atoms in total. The number of oxazole rings is 1. The lowest BCUT2D eigenvalue weighted by Gasteiger charge is -2.02. The number of carbonyl (C=O) groups excluding carboxylic acids is 2. The van der Waals surface area contributed by atoms with E-state index in [1.807, 2.05) is 12.1 Å². The summed E-state index contributed by atoms with van der Waals surface area (Å²) in [7, 11) is 0. The standard InChI is InChI=1S/C21H19N3O3/c1-3-5-19(25)22-15-9-7-14(8-10-15)21-24-17-13-16(11-12-18(17)27-21)23-20(26)6-4-2/h3-13H,1-2H3,(H,22,25)(H,23,26)/b5-3-,6-4+. The molecule has 1 heterocycles. The first-order valence-electron chi connectivity index (χ1n) is 8.47. The number of rotatable bonds is 5. The fraction of sp³-hybridized carbons (Fsp3) is 0.0952. The van der Waals surface area contributed by atoms with E-state index in [9.17, 15) is 9.59 Å². The van der Waals surface area contributed by atoms with E-state index in [0.29, 0.717) is 28.4 Å². The SMILES string of the molecule is C/C=C\C(=O)Nc1ccc(-c2nc3cc(NC(=O)/C=C/C)ccc3o2)cc1. The maximum absolute atomic E-state index is 11.6. The van der Waals surface area contributed by atoms with Crippen LogP contribution in [-0.4, -0.2) is 16.8 Å². The predicted molar refractivity (Wildman–Crippen MR) is 106 cm³/mol. The Kier molecular flexibility index (Phi) is 5.47. The molecule has 136 valence electrons. The molecule has 0 saturated carbocycles. The van der Waals surface area contributed by atoms with Gasteiger partial charge in [-0.15, -0.1) is 0 Å². The summed E-state index contributed by atoms with van der Waals surface area (Å²) in [5, 5.41) is 5.53. The Labute approximate surface area is 156 Å². The Balaban J connectivity index is 1.80. The summed E-state index contributed by atoms with van der Waals surface area (Å²) >= 11 is 0. The van der Waals surface area contributed by atoms with Gasteiger partial charge in [0.1, 0.15) is 5.52 Å². The summed E-state index contributed by atoms with van der Waals surface area (Å²) in [6.45, 7) is 3.57. The van der Waals surface area contributed by atoms with Crippen LogP contribution >= 0.6 is 0 Å². The van der Waals surface area contributed by atoms with Crippen molar-refractivity contribution in [1.82, 2.24) is 4.98 Å². The fourth-order valence-electron chi connectivity index (χ4n) is 2.50. The number of fused-ring (bicyclic) bond motifs is 1. The minimum absolute atomic E-state index is 0.181. The van der Waals surface area contributed by atoms with Crippen molar-refractivity contribution in [3.05, 3.63) is 66.8 Å². The number of nitrogens with one attached hydrogen (secondary N) is 2. The van der Waals surface area contributed by atoms with E-state index in [1.54, 1.807) is 56.3 Å². The van der Waals surface area contributed by atoms with E-state index >= 15 is 0 Å². The van der Waals surface area contributed by atoms with Gasteiger partial charge in [0.2, 0.25) is 17.7 Å². The molecule has 0 aliphatic rings. The largest absolute Gasteiger partial charge is 0.436 e. The van der Waals surface area contributed by atoms with Gasteiger partial charge in [0.25, 0.3) is 0 Å². The number of benzene rings is 2. The summed E-state index contributed by atoms with van der Waals surface area (Å²) < 4.78 is 5.78. The van der Waals surface area contributed by atoms with Crippen LogP contribution in [0.4, 0.5) is 11.4 Å². The molecule has 0 fully saturated rings. The second-order valence-electron chi connectivity index (χ2n) is 5.76. The van der Waals surface area contributed by atoms with Crippen LogP contribution in [0.3, 0.4) is 0 Å². The van der Waals surface area contributed by atoms with Gasteiger partial charge >= 0.3 is 0 Å². The van der Waals surface area contributed by atoms with Crippen molar-refractivity contribution in [1.29, 1.82) is 0 Å². The van der Waals surface area contributed by atoms with Gasteiger partial charge < -0.3 is 15.1 Å².